The largest absolute Gasteiger partial charge is 0.465 e. The number of benzene rings is 2. The molecule has 152 valence electrons. The maximum Gasteiger partial charge on any atom is 0.338 e. The first-order valence-corrected chi connectivity index (χ1v) is 10.5. The monoisotopic (exact) mass is 412 g/mol. The number of carbonyl (C=O) groups excluding carboxylic acids is 2. The van der Waals surface area contributed by atoms with Gasteiger partial charge < -0.3 is 14.0 Å². The second-order valence-corrected chi connectivity index (χ2v) is 7.30. The Kier molecular flexibility index (Phi) is 6.93. The lowest BCUT2D eigenvalue weighted by atomic mass is 10.1. The molecule has 7 heteroatoms. The Labute approximate surface area is 174 Å². The average Bonchev–Trinajstić information content (AvgIpc) is 3.09. The predicted molar refractivity (Wildman–Crippen MR) is 113 cm³/mol. The molecule has 29 heavy (non-hydrogen) atoms. The zero-order valence-electron chi connectivity index (χ0n) is 16.8. The van der Waals surface area contributed by atoms with Gasteiger partial charge in [-0.3, -0.25) is 4.79 Å². The second-order valence-electron chi connectivity index (χ2n) is 6.22. The van der Waals surface area contributed by atoms with Crippen LogP contribution < -0.4 is 0 Å². The van der Waals surface area contributed by atoms with E-state index in [4.69, 9.17) is 14.5 Å². The van der Waals surface area contributed by atoms with Crippen molar-refractivity contribution in [3.8, 4) is 0 Å². The van der Waals surface area contributed by atoms with Crippen molar-refractivity contribution >= 4 is 34.7 Å². The number of hydrogen-bond acceptors (Lipinski definition) is 6. The van der Waals surface area contributed by atoms with E-state index in [1.165, 1.54) is 11.8 Å². The van der Waals surface area contributed by atoms with Crippen LogP contribution in [0.4, 0.5) is 0 Å². The molecule has 1 aromatic heterocycles. The number of fused-ring (bicyclic) bond motifs is 1. The number of rotatable bonds is 8. The van der Waals surface area contributed by atoms with E-state index in [9.17, 15) is 9.59 Å². The van der Waals surface area contributed by atoms with Gasteiger partial charge in [0.15, 0.2) is 5.16 Å². The van der Waals surface area contributed by atoms with E-state index in [2.05, 4.69) is 0 Å². The molecule has 6 nitrogen and oxygen atoms in total. The number of hydrogen-bond donors (Lipinski definition) is 0. The summed E-state index contributed by atoms with van der Waals surface area (Å²) in [7, 11) is 0. The van der Waals surface area contributed by atoms with E-state index in [1.54, 1.807) is 26.0 Å². The summed E-state index contributed by atoms with van der Waals surface area (Å²) in [4.78, 5) is 29.4. The van der Waals surface area contributed by atoms with Crippen molar-refractivity contribution in [2.45, 2.75) is 37.7 Å². The molecule has 1 heterocycles. The third kappa shape index (κ3) is 4.62. The first kappa shape index (κ1) is 20.9. The highest BCUT2D eigenvalue weighted by molar-refractivity contribution is 8.00. The zero-order chi connectivity index (χ0) is 20.8. The molecular formula is C22H24N2O4S. The number of esters is 2. The summed E-state index contributed by atoms with van der Waals surface area (Å²) < 4.78 is 12.4. The van der Waals surface area contributed by atoms with E-state index >= 15 is 0 Å². The Morgan fingerprint density at radius 2 is 1.76 bits per heavy atom. The van der Waals surface area contributed by atoms with E-state index in [0.717, 1.165) is 11.1 Å². The van der Waals surface area contributed by atoms with Crippen LogP contribution in [0.1, 0.15) is 41.9 Å². The molecule has 0 N–H and O–H groups in total. The van der Waals surface area contributed by atoms with Crippen molar-refractivity contribution in [1.29, 1.82) is 0 Å². The van der Waals surface area contributed by atoms with Crippen molar-refractivity contribution < 1.29 is 19.1 Å². The van der Waals surface area contributed by atoms with Gasteiger partial charge in [-0.25, -0.2) is 9.78 Å². The van der Waals surface area contributed by atoms with Crippen LogP contribution in [0.5, 0.6) is 0 Å². The normalized spacial score (nSPS) is 12.0. The van der Waals surface area contributed by atoms with Gasteiger partial charge in [-0.1, -0.05) is 42.1 Å². The molecule has 3 aromatic rings. The summed E-state index contributed by atoms with van der Waals surface area (Å²) in [6, 6.07) is 14.9. The van der Waals surface area contributed by atoms with Gasteiger partial charge in [0.2, 0.25) is 0 Å². The van der Waals surface area contributed by atoms with Crippen LogP contribution >= 0.6 is 11.8 Å². The second kappa shape index (κ2) is 9.60. The van der Waals surface area contributed by atoms with Gasteiger partial charge in [-0.15, -0.1) is 0 Å². The molecule has 0 fully saturated rings. The molecular weight excluding hydrogens is 388 g/mol. The Bertz CT molecular complexity index is 1000. The van der Waals surface area contributed by atoms with Crippen molar-refractivity contribution in [3.63, 3.8) is 0 Å². The number of ether oxygens (including phenoxy) is 2. The van der Waals surface area contributed by atoms with Crippen molar-refractivity contribution in [2.24, 2.45) is 0 Å². The van der Waals surface area contributed by atoms with Crippen LogP contribution in [0, 0.1) is 0 Å². The number of imidazole rings is 1. The number of aryl methyl sites for hydroxylation is 1. The van der Waals surface area contributed by atoms with E-state index in [1.807, 2.05) is 47.9 Å². The molecule has 0 aliphatic heterocycles. The number of aromatic nitrogens is 2. The van der Waals surface area contributed by atoms with E-state index in [-0.39, 0.29) is 11.9 Å². The lowest BCUT2D eigenvalue weighted by molar-refractivity contribution is -0.142. The molecule has 3 rings (SSSR count). The van der Waals surface area contributed by atoms with Gasteiger partial charge in [0.1, 0.15) is 5.25 Å². The van der Waals surface area contributed by atoms with Crippen LogP contribution in [0.15, 0.2) is 53.7 Å². The fourth-order valence-corrected chi connectivity index (χ4v) is 4.22. The van der Waals surface area contributed by atoms with Crippen LogP contribution in [-0.2, 0) is 20.8 Å². The van der Waals surface area contributed by atoms with Crippen molar-refractivity contribution in [2.75, 3.05) is 13.2 Å². The summed E-state index contributed by atoms with van der Waals surface area (Å²) in [6.07, 6.45) is 0. The maximum absolute atomic E-state index is 12.6. The summed E-state index contributed by atoms with van der Waals surface area (Å²) in [5.74, 6) is -0.672. The van der Waals surface area contributed by atoms with Crippen molar-refractivity contribution in [3.05, 3.63) is 59.7 Å². The average molecular weight is 413 g/mol. The predicted octanol–water partition coefficient (Wildman–Crippen LogP) is 4.63. The molecule has 0 radical (unpaired) electrons. The molecule has 0 spiro atoms. The quantitative estimate of drug-likeness (QED) is 0.397. The van der Waals surface area contributed by atoms with Crippen LogP contribution in [-0.4, -0.2) is 34.7 Å². The minimum atomic E-state index is -0.525. The fourth-order valence-electron chi connectivity index (χ4n) is 3.05. The molecule has 0 bridgehead atoms. The molecule has 0 saturated carbocycles. The highest BCUT2D eigenvalue weighted by Gasteiger charge is 2.26. The Balaban J connectivity index is 2.00. The van der Waals surface area contributed by atoms with Gasteiger partial charge >= 0.3 is 11.9 Å². The summed E-state index contributed by atoms with van der Waals surface area (Å²) >= 11 is 1.35. The molecule has 0 saturated heterocycles. The van der Waals surface area contributed by atoms with E-state index in [0.29, 0.717) is 36.0 Å². The minimum absolute atomic E-state index is 0.300. The lowest BCUT2D eigenvalue weighted by Gasteiger charge is -2.16. The topological polar surface area (TPSA) is 70.4 Å². The SMILES string of the molecule is CCOC(=O)c1ccc2c(c1)nc(S[C@H](C(=O)OCC)c1ccccc1)n2CC. The maximum atomic E-state index is 12.6. The minimum Gasteiger partial charge on any atom is -0.465 e. The van der Waals surface area contributed by atoms with Gasteiger partial charge in [0, 0.05) is 6.54 Å². The zero-order valence-corrected chi connectivity index (χ0v) is 17.6. The van der Waals surface area contributed by atoms with Crippen molar-refractivity contribution in [1.82, 2.24) is 9.55 Å². The molecule has 0 unspecified atom stereocenters. The molecule has 2 aromatic carbocycles. The lowest BCUT2D eigenvalue weighted by Crippen LogP contribution is -2.14. The number of carbonyl (C=O) groups is 2. The fraction of sp³-hybridized carbons (Fsp3) is 0.318. The Morgan fingerprint density at radius 1 is 1.03 bits per heavy atom. The molecule has 1 atom stereocenters. The number of thioether (sulfide) groups is 1. The van der Waals surface area contributed by atoms with Gasteiger partial charge in [-0.2, -0.15) is 0 Å². The van der Waals surface area contributed by atoms with Crippen LogP contribution in [0.2, 0.25) is 0 Å². The van der Waals surface area contributed by atoms with Gasteiger partial charge in [0.05, 0.1) is 29.8 Å². The van der Waals surface area contributed by atoms with Gasteiger partial charge in [-0.05, 0) is 44.5 Å². The molecule has 0 aliphatic carbocycles. The smallest absolute Gasteiger partial charge is 0.338 e. The first-order chi connectivity index (χ1) is 14.1. The van der Waals surface area contributed by atoms with Gasteiger partial charge in [0.25, 0.3) is 0 Å². The third-order valence-electron chi connectivity index (χ3n) is 4.37. The summed E-state index contributed by atoms with van der Waals surface area (Å²) in [6.45, 7) is 6.91. The Morgan fingerprint density at radius 3 is 2.41 bits per heavy atom. The first-order valence-electron chi connectivity index (χ1n) is 9.64. The van der Waals surface area contributed by atoms with E-state index < -0.39 is 5.25 Å². The third-order valence-corrected chi connectivity index (χ3v) is 5.59. The van der Waals surface area contributed by atoms with Crippen LogP contribution in [0.3, 0.4) is 0 Å². The Hall–Kier alpha value is -2.80. The highest BCUT2D eigenvalue weighted by Crippen LogP contribution is 2.37. The highest BCUT2D eigenvalue weighted by atomic mass is 32.2. The summed E-state index contributed by atoms with van der Waals surface area (Å²) in [5, 5.41) is 0.174. The summed E-state index contributed by atoms with van der Waals surface area (Å²) in [5.41, 5.74) is 2.91. The molecule has 0 aliphatic rings. The molecule has 0 amide bonds. The van der Waals surface area contributed by atoms with Crippen LogP contribution in [0.25, 0.3) is 11.0 Å². The standard InChI is InChI=1S/C22H24N2O4S/c1-4-24-18-13-12-16(20(25)27-5-2)14-17(18)23-22(24)29-19(21(26)28-6-3)15-10-8-7-9-11-15/h7-14,19H,4-6H2,1-3H3/t19-/m0/s1. The number of nitrogens with zero attached hydrogens (tertiary/aromatic N) is 2.